The van der Waals surface area contributed by atoms with E-state index in [0.29, 0.717) is 6.61 Å². The van der Waals surface area contributed by atoms with Crippen molar-refractivity contribution in [2.24, 2.45) is 11.3 Å². The van der Waals surface area contributed by atoms with Gasteiger partial charge in [0.1, 0.15) is 6.33 Å². The van der Waals surface area contributed by atoms with E-state index in [9.17, 15) is 10.1 Å². The number of nitrogens with two attached hydrogens (primary N) is 1. The Balaban J connectivity index is 2.85. The molecule has 1 aromatic heterocycles. The average Bonchev–Trinajstić information content (AvgIpc) is 2.26. The summed E-state index contributed by atoms with van der Waals surface area (Å²) in [6.07, 6.45) is 1.91. The Morgan fingerprint density at radius 2 is 2.17 bits per heavy atom. The lowest BCUT2D eigenvalue weighted by molar-refractivity contribution is -0.385. The first-order valence-corrected chi connectivity index (χ1v) is 5.44. The van der Waals surface area contributed by atoms with Crippen LogP contribution in [0, 0.1) is 15.5 Å². The second-order valence-electron chi connectivity index (χ2n) is 4.94. The first kappa shape index (κ1) is 14.1. The van der Waals surface area contributed by atoms with Gasteiger partial charge in [-0.15, -0.1) is 0 Å². The van der Waals surface area contributed by atoms with Gasteiger partial charge < -0.3 is 10.2 Å². The highest BCUT2D eigenvalue weighted by Crippen LogP contribution is 2.30. The lowest BCUT2D eigenvalue weighted by Crippen LogP contribution is -2.15. The molecule has 1 rings (SSSR count). The van der Waals surface area contributed by atoms with Crippen LogP contribution in [0.3, 0.4) is 0 Å². The van der Waals surface area contributed by atoms with Crippen molar-refractivity contribution in [3.63, 3.8) is 0 Å². The lowest BCUT2D eigenvalue weighted by atomic mass is 9.93. The number of hydrogen-bond acceptors (Lipinski definition) is 7. The Bertz CT molecular complexity index is 430. The van der Waals surface area contributed by atoms with Crippen molar-refractivity contribution in [1.29, 1.82) is 0 Å². The lowest BCUT2D eigenvalue weighted by Gasteiger charge is -2.17. The van der Waals surface area contributed by atoms with E-state index in [4.69, 9.17) is 10.6 Å². The summed E-state index contributed by atoms with van der Waals surface area (Å²) in [5.41, 5.74) is 1.88. The number of nitrogens with one attached hydrogen (secondary N) is 1. The largest absolute Gasteiger partial charge is 0.473 e. The van der Waals surface area contributed by atoms with Gasteiger partial charge in [0.05, 0.1) is 11.5 Å². The number of hydrazine groups is 1. The molecular formula is C10H17N5O3. The average molecular weight is 255 g/mol. The maximum absolute atomic E-state index is 10.9. The highest BCUT2D eigenvalue weighted by Gasteiger charge is 2.24. The van der Waals surface area contributed by atoms with E-state index in [1.807, 2.05) is 0 Å². The molecule has 0 fully saturated rings. The van der Waals surface area contributed by atoms with Crippen LogP contribution in [0.25, 0.3) is 0 Å². The predicted molar refractivity (Wildman–Crippen MR) is 66.1 cm³/mol. The zero-order chi connectivity index (χ0) is 13.8. The van der Waals surface area contributed by atoms with Crippen LogP contribution in [0.5, 0.6) is 5.88 Å². The molecule has 18 heavy (non-hydrogen) atoms. The standard InChI is InChI=1S/C10H17N5O3/c1-10(2,3)4-5-18-9-7(15(16)17)8(14-11)12-6-13-9/h6H,4-5,11H2,1-3H3,(H,12,13,14). The third-order valence-corrected chi connectivity index (χ3v) is 2.20. The van der Waals surface area contributed by atoms with Crippen molar-refractivity contribution < 1.29 is 9.66 Å². The molecule has 3 N–H and O–H groups in total. The molecule has 0 aromatic carbocycles. The molecule has 0 aliphatic carbocycles. The van der Waals surface area contributed by atoms with Gasteiger partial charge in [0.2, 0.25) is 5.82 Å². The number of aromatic nitrogens is 2. The molecule has 0 radical (unpaired) electrons. The highest BCUT2D eigenvalue weighted by atomic mass is 16.6. The number of nitrogens with zero attached hydrogens (tertiary/aromatic N) is 3. The molecule has 100 valence electrons. The first-order valence-electron chi connectivity index (χ1n) is 5.44. The van der Waals surface area contributed by atoms with Crippen LogP contribution in [0.4, 0.5) is 11.5 Å². The smallest absolute Gasteiger partial charge is 0.374 e. The van der Waals surface area contributed by atoms with E-state index < -0.39 is 4.92 Å². The molecule has 0 atom stereocenters. The molecule has 0 unspecified atom stereocenters. The van der Waals surface area contributed by atoms with Crippen molar-refractivity contribution in [3.8, 4) is 5.88 Å². The Morgan fingerprint density at radius 1 is 1.50 bits per heavy atom. The summed E-state index contributed by atoms with van der Waals surface area (Å²) in [5.74, 6) is 5.01. The van der Waals surface area contributed by atoms with Crippen molar-refractivity contribution in [1.82, 2.24) is 9.97 Å². The molecule has 0 spiro atoms. The Kier molecular flexibility index (Phi) is 4.38. The fourth-order valence-corrected chi connectivity index (χ4v) is 1.19. The number of nitrogen functional groups attached to an aromatic ring is 1. The number of ether oxygens (including phenoxy) is 1. The van der Waals surface area contributed by atoms with Crippen LogP contribution < -0.4 is 16.0 Å². The minimum absolute atomic E-state index is 0.0687. The maximum atomic E-state index is 10.9. The van der Waals surface area contributed by atoms with E-state index in [1.54, 1.807) is 0 Å². The van der Waals surface area contributed by atoms with Crippen LogP contribution in [-0.4, -0.2) is 21.5 Å². The van der Waals surface area contributed by atoms with Gasteiger partial charge in [-0.1, -0.05) is 20.8 Å². The van der Waals surface area contributed by atoms with Gasteiger partial charge in [-0.05, 0) is 11.8 Å². The van der Waals surface area contributed by atoms with Gasteiger partial charge in [-0.2, -0.15) is 4.98 Å². The summed E-state index contributed by atoms with van der Waals surface area (Å²) >= 11 is 0. The third-order valence-electron chi connectivity index (χ3n) is 2.20. The fourth-order valence-electron chi connectivity index (χ4n) is 1.19. The van der Waals surface area contributed by atoms with Crippen LogP contribution in [-0.2, 0) is 0 Å². The fraction of sp³-hybridized carbons (Fsp3) is 0.600. The van der Waals surface area contributed by atoms with E-state index in [0.717, 1.165) is 12.7 Å². The summed E-state index contributed by atoms with van der Waals surface area (Å²) in [6, 6.07) is 0. The van der Waals surface area contributed by atoms with Gasteiger partial charge in [0.15, 0.2) is 0 Å². The predicted octanol–water partition coefficient (Wildman–Crippen LogP) is 1.49. The van der Waals surface area contributed by atoms with E-state index in [2.05, 4.69) is 36.2 Å². The highest BCUT2D eigenvalue weighted by molar-refractivity contribution is 5.60. The number of nitro groups is 1. The molecule has 0 saturated heterocycles. The summed E-state index contributed by atoms with van der Waals surface area (Å²) in [5, 5.41) is 10.9. The summed E-state index contributed by atoms with van der Waals surface area (Å²) in [6.45, 7) is 6.50. The Morgan fingerprint density at radius 3 is 2.67 bits per heavy atom. The molecule has 1 aromatic rings. The maximum Gasteiger partial charge on any atom is 0.374 e. The zero-order valence-corrected chi connectivity index (χ0v) is 10.6. The Hall–Kier alpha value is -1.96. The van der Waals surface area contributed by atoms with E-state index >= 15 is 0 Å². The van der Waals surface area contributed by atoms with Crippen LogP contribution in [0.15, 0.2) is 6.33 Å². The molecule has 0 bridgehead atoms. The van der Waals surface area contributed by atoms with Crippen molar-refractivity contribution in [2.75, 3.05) is 12.0 Å². The number of rotatable bonds is 5. The molecule has 8 heteroatoms. The minimum atomic E-state index is -0.623. The topological polar surface area (TPSA) is 116 Å². The normalized spacial score (nSPS) is 11.1. The zero-order valence-electron chi connectivity index (χ0n) is 10.6. The van der Waals surface area contributed by atoms with Crippen LogP contribution >= 0.6 is 0 Å². The summed E-state index contributed by atoms with van der Waals surface area (Å²) < 4.78 is 5.33. The first-order chi connectivity index (χ1) is 8.35. The SMILES string of the molecule is CC(C)(C)CCOc1ncnc(NN)c1[N+](=O)[O-]. The van der Waals surface area contributed by atoms with Crippen molar-refractivity contribution >= 4 is 11.5 Å². The van der Waals surface area contributed by atoms with Crippen LogP contribution in [0.2, 0.25) is 0 Å². The van der Waals surface area contributed by atoms with E-state index in [-0.39, 0.29) is 22.8 Å². The number of hydrogen-bond donors (Lipinski definition) is 2. The second kappa shape index (κ2) is 5.58. The van der Waals surface area contributed by atoms with Gasteiger partial charge in [0.25, 0.3) is 5.88 Å². The van der Waals surface area contributed by atoms with Gasteiger partial charge >= 0.3 is 5.69 Å². The minimum Gasteiger partial charge on any atom is -0.473 e. The molecule has 0 amide bonds. The summed E-state index contributed by atoms with van der Waals surface area (Å²) in [4.78, 5) is 17.7. The second-order valence-corrected chi connectivity index (χ2v) is 4.94. The van der Waals surface area contributed by atoms with Gasteiger partial charge in [-0.25, -0.2) is 10.8 Å². The molecule has 8 nitrogen and oxygen atoms in total. The molecule has 1 heterocycles. The van der Waals surface area contributed by atoms with Gasteiger partial charge in [-0.3, -0.25) is 10.1 Å². The molecule has 0 aliphatic rings. The van der Waals surface area contributed by atoms with Crippen LogP contribution in [0.1, 0.15) is 27.2 Å². The number of anilines is 1. The molecule has 0 saturated carbocycles. The van der Waals surface area contributed by atoms with Crippen molar-refractivity contribution in [3.05, 3.63) is 16.4 Å². The van der Waals surface area contributed by atoms with E-state index in [1.165, 1.54) is 0 Å². The monoisotopic (exact) mass is 255 g/mol. The quantitative estimate of drug-likeness (QED) is 0.465. The molecule has 0 aliphatic heterocycles. The Labute approximate surface area is 105 Å². The summed E-state index contributed by atoms with van der Waals surface area (Å²) in [7, 11) is 0. The van der Waals surface area contributed by atoms with Crippen molar-refractivity contribution in [2.45, 2.75) is 27.2 Å². The third kappa shape index (κ3) is 3.81. The molecular weight excluding hydrogens is 238 g/mol. The van der Waals surface area contributed by atoms with Gasteiger partial charge in [0, 0.05) is 0 Å².